The number of ether oxygens (including phenoxy) is 1. The zero-order valence-corrected chi connectivity index (χ0v) is 12.5. The molecule has 1 aromatic rings. The Balaban J connectivity index is 2.18. The van der Waals surface area contributed by atoms with Crippen molar-refractivity contribution in [2.24, 2.45) is 0 Å². The first kappa shape index (κ1) is 13.8. The molecule has 1 aliphatic heterocycles. The molecule has 3 nitrogen and oxygen atoms in total. The Bertz CT molecular complexity index is 453. The van der Waals surface area contributed by atoms with E-state index in [0.29, 0.717) is 17.1 Å². The molecule has 1 aliphatic rings. The maximum atomic E-state index is 12.4. The molecule has 1 saturated heterocycles. The van der Waals surface area contributed by atoms with Crippen LogP contribution >= 0.6 is 27.5 Å². The van der Waals surface area contributed by atoms with Gasteiger partial charge in [-0.1, -0.05) is 17.7 Å². The summed E-state index contributed by atoms with van der Waals surface area (Å²) in [4.78, 5) is 14.2. The lowest BCUT2D eigenvalue weighted by molar-refractivity contribution is 0.0269. The van der Waals surface area contributed by atoms with Gasteiger partial charge in [0.15, 0.2) is 0 Å². The zero-order chi connectivity index (χ0) is 13.1. The lowest BCUT2D eigenvalue weighted by Crippen LogP contribution is -2.43. The Morgan fingerprint density at radius 1 is 1.56 bits per heavy atom. The average Bonchev–Trinajstić information content (AvgIpc) is 2.41. The van der Waals surface area contributed by atoms with Crippen molar-refractivity contribution in [3.8, 4) is 0 Å². The van der Waals surface area contributed by atoms with E-state index in [0.717, 1.165) is 23.9 Å². The number of benzene rings is 1. The standard InChI is InChI=1S/C13H15BrClNO2/c1-18-9-4-3-7-16(8-9)13(17)10-5-2-6-11(14)12(10)15/h2,5-6,9H,3-4,7-8H2,1H3. The van der Waals surface area contributed by atoms with Crippen LogP contribution in [0.15, 0.2) is 22.7 Å². The highest BCUT2D eigenvalue weighted by atomic mass is 79.9. The first-order chi connectivity index (χ1) is 8.63. The molecule has 0 aromatic heterocycles. The summed E-state index contributed by atoms with van der Waals surface area (Å²) in [5, 5.41) is 0.474. The number of halogens is 2. The van der Waals surface area contributed by atoms with E-state index in [2.05, 4.69) is 15.9 Å². The van der Waals surface area contributed by atoms with Gasteiger partial charge in [0.1, 0.15) is 0 Å². The Morgan fingerprint density at radius 3 is 3.06 bits per heavy atom. The molecule has 5 heteroatoms. The lowest BCUT2D eigenvalue weighted by Gasteiger charge is -2.32. The van der Waals surface area contributed by atoms with E-state index in [-0.39, 0.29) is 12.0 Å². The van der Waals surface area contributed by atoms with E-state index in [4.69, 9.17) is 16.3 Å². The summed E-state index contributed by atoms with van der Waals surface area (Å²) < 4.78 is 6.07. The van der Waals surface area contributed by atoms with Crippen LogP contribution in [0.1, 0.15) is 23.2 Å². The van der Waals surface area contributed by atoms with Crippen LogP contribution in [0, 0.1) is 0 Å². The molecule has 0 aliphatic carbocycles. The van der Waals surface area contributed by atoms with Crippen molar-refractivity contribution in [2.75, 3.05) is 20.2 Å². The second-order valence-electron chi connectivity index (χ2n) is 4.35. The van der Waals surface area contributed by atoms with Crippen LogP contribution < -0.4 is 0 Å². The van der Waals surface area contributed by atoms with Crippen molar-refractivity contribution in [1.29, 1.82) is 0 Å². The first-order valence-electron chi connectivity index (χ1n) is 5.89. The number of carbonyl (C=O) groups excluding carboxylic acids is 1. The minimum absolute atomic E-state index is 0.0250. The fraction of sp³-hybridized carbons (Fsp3) is 0.462. The largest absolute Gasteiger partial charge is 0.380 e. The van der Waals surface area contributed by atoms with E-state index in [1.807, 2.05) is 17.0 Å². The van der Waals surface area contributed by atoms with Crippen LogP contribution in [0.2, 0.25) is 5.02 Å². The predicted octanol–water partition coefficient (Wildman–Crippen LogP) is 3.35. The summed E-state index contributed by atoms with van der Waals surface area (Å²) in [6.45, 7) is 1.40. The number of amides is 1. The molecule has 1 atom stereocenters. The highest BCUT2D eigenvalue weighted by Crippen LogP contribution is 2.27. The Hall–Kier alpha value is -0.580. The number of likely N-dealkylation sites (tertiary alicyclic amines) is 1. The van der Waals surface area contributed by atoms with Crippen molar-refractivity contribution >= 4 is 33.4 Å². The van der Waals surface area contributed by atoms with Crippen LogP contribution in [0.5, 0.6) is 0 Å². The molecule has 0 N–H and O–H groups in total. The normalized spacial score (nSPS) is 19.9. The zero-order valence-electron chi connectivity index (χ0n) is 10.2. The summed E-state index contributed by atoms with van der Waals surface area (Å²) in [5.74, 6) is -0.0250. The predicted molar refractivity (Wildman–Crippen MR) is 75.1 cm³/mol. The van der Waals surface area contributed by atoms with Gasteiger partial charge in [0.05, 0.1) is 16.7 Å². The fourth-order valence-corrected chi connectivity index (χ4v) is 2.73. The third-order valence-corrected chi connectivity index (χ3v) is 4.48. The van der Waals surface area contributed by atoms with Crippen molar-refractivity contribution in [1.82, 2.24) is 4.90 Å². The molecule has 0 saturated carbocycles. The highest BCUT2D eigenvalue weighted by molar-refractivity contribution is 9.10. The maximum Gasteiger partial charge on any atom is 0.255 e. The number of piperidine rings is 1. The van der Waals surface area contributed by atoms with E-state index in [1.165, 1.54) is 0 Å². The van der Waals surface area contributed by atoms with Crippen molar-refractivity contribution in [2.45, 2.75) is 18.9 Å². The molecular weight excluding hydrogens is 318 g/mol. The van der Waals surface area contributed by atoms with E-state index >= 15 is 0 Å². The van der Waals surface area contributed by atoms with Gasteiger partial charge in [0.2, 0.25) is 0 Å². The maximum absolute atomic E-state index is 12.4. The van der Waals surface area contributed by atoms with Crippen molar-refractivity contribution < 1.29 is 9.53 Å². The summed E-state index contributed by atoms with van der Waals surface area (Å²) >= 11 is 9.49. The van der Waals surface area contributed by atoms with Crippen LogP contribution in [0.25, 0.3) is 0 Å². The van der Waals surface area contributed by atoms with Gasteiger partial charge in [-0.05, 0) is 40.9 Å². The molecule has 1 heterocycles. The topological polar surface area (TPSA) is 29.5 Å². The second kappa shape index (κ2) is 6.04. The van der Waals surface area contributed by atoms with Gasteiger partial charge < -0.3 is 9.64 Å². The number of rotatable bonds is 2. The van der Waals surface area contributed by atoms with Gasteiger partial charge in [0, 0.05) is 24.7 Å². The molecule has 18 heavy (non-hydrogen) atoms. The minimum Gasteiger partial charge on any atom is -0.380 e. The molecular formula is C13H15BrClNO2. The van der Waals surface area contributed by atoms with Crippen LogP contribution in [0.3, 0.4) is 0 Å². The second-order valence-corrected chi connectivity index (χ2v) is 5.58. The van der Waals surface area contributed by atoms with E-state index in [1.54, 1.807) is 13.2 Å². The van der Waals surface area contributed by atoms with Gasteiger partial charge >= 0.3 is 0 Å². The minimum atomic E-state index is -0.0250. The SMILES string of the molecule is COC1CCCN(C(=O)c2cccc(Br)c2Cl)C1. The average molecular weight is 333 g/mol. The molecule has 0 spiro atoms. The van der Waals surface area contributed by atoms with Crippen molar-refractivity contribution in [3.63, 3.8) is 0 Å². The van der Waals surface area contributed by atoms with Crippen LogP contribution in [-0.2, 0) is 4.74 Å². The molecule has 98 valence electrons. The Labute approximate surface area is 120 Å². The van der Waals surface area contributed by atoms with Crippen molar-refractivity contribution in [3.05, 3.63) is 33.3 Å². The molecule has 0 bridgehead atoms. The molecule has 0 radical (unpaired) electrons. The third kappa shape index (κ3) is 2.87. The molecule has 2 rings (SSSR count). The van der Waals surface area contributed by atoms with E-state index in [9.17, 15) is 4.79 Å². The van der Waals surface area contributed by atoms with Gasteiger partial charge in [-0.2, -0.15) is 0 Å². The number of hydrogen-bond donors (Lipinski definition) is 0. The number of carbonyl (C=O) groups is 1. The lowest BCUT2D eigenvalue weighted by atomic mass is 10.1. The summed E-state index contributed by atoms with van der Waals surface area (Å²) in [6.07, 6.45) is 2.11. The van der Waals surface area contributed by atoms with E-state index < -0.39 is 0 Å². The monoisotopic (exact) mass is 331 g/mol. The fourth-order valence-electron chi connectivity index (χ4n) is 2.15. The third-order valence-electron chi connectivity index (χ3n) is 3.18. The quantitative estimate of drug-likeness (QED) is 0.831. The molecule has 1 unspecified atom stereocenters. The highest BCUT2D eigenvalue weighted by Gasteiger charge is 2.25. The number of hydrogen-bond acceptors (Lipinski definition) is 2. The summed E-state index contributed by atoms with van der Waals surface area (Å²) in [7, 11) is 1.69. The molecule has 1 amide bonds. The van der Waals surface area contributed by atoms with Crippen LogP contribution in [0.4, 0.5) is 0 Å². The smallest absolute Gasteiger partial charge is 0.255 e. The molecule has 1 fully saturated rings. The van der Waals surface area contributed by atoms with Gasteiger partial charge in [-0.25, -0.2) is 0 Å². The van der Waals surface area contributed by atoms with Gasteiger partial charge in [0.25, 0.3) is 5.91 Å². The molecule has 1 aromatic carbocycles. The van der Waals surface area contributed by atoms with Crippen LogP contribution in [-0.4, -0.2) is 37.1 Å². The Kier molecular flexibility index (Phi) is 4.65. The summed E-state index contributed by atoms with van der Waals surface area (Å²) in [6, 6.07) is 5.40. The first-order valence-corrected chi connectivity index (χ1v) is 7.06. The Morgan fingerprint density at radius 2 is 2.33 bits per heavy atom. The number of methoxy groups -OCH3 is 1. The summed E-state index contributed by atoms with van der Waals surface area (Å²) in [5.41, 5.74) is 0.544. The van der Waals surface area contributed by atoms with Gasteiger partial charge in [-0.15, -0.1) is 0 Å². The number of nitrogens with zero attached hydrogens (tertiary/aromatic N) is 1. The van der Waals surface area contributed by atoms with Gasteiger partial charge in [-0.3, -0.25) is 4.79 Å².